The van der Waals surface area contributed by atoms with Crippen molar-refractivity contribution in [2.45, 2.75) is 18.4 Å². The lowest BCUT2D eigenvalue weighted by atomic mass is 10.3. The Labute approximate surface area is 172 Å². The molecule has 2 aromatic carbocycles. The minimum atomic E-state index is -4.02. The highest BCUT2D eigenvalue weighted by molar-refractivity contribution is 7.90. The van der Waals surface area contributed by atoms with Crippen molar-refractivity contribution in [2.75, 3.05) is 27.4 Å². The van der Waals surface area contributed by atoms with Crippen molar-refractivity contribution in [1.82, 2.24) is 4.57 Å². The number of fused-ring (bicyclic) bond motifs is 1. The lowest BCUT2D eigenvalue weighted by Crippen LogP contribution is -2.20. The summed E-state index contributed by atoms with van der Waals surface area (Å²) in [5.74, 6) is 0.541. The molecule has 0 fully saturated rings. The number of benzene rings is 2. The number of halogens is 1. The smallest absolute Gasteiger partial charge is 0.285 e. The maximum atomic E-state index is 13.2. The normalized spacial score (nSPS) is 12.5. The Morgan fingerprint density at radius 1 is 1.10 bits per heavy atom. The summed E-state index contributed by atoms with van der Waals surface area (Å²) in [5, 5.41) is 0. The molecule has 0 unspecified atom stereocenters. The van der Waals surface area contributed by atoms with Crippen LogP contribution in [-0.2, 0) is 21.3 Å². The van der Waals surface area contributed by atoms with Crippen molar-refractivity contribution in [3.63, 3.8) is 0 Å². The monoisotopic (exact) mass is 440 g/mol. The van der Waals surface area contributed by atoms with Gasteiger partial charge in [-0.1, -0.05) is 11.3 Å². The van der Waals surface area contributed by atoms with Crippen LogP contribution in [-0.4, -0.2) is 40.4 Å². The number of hydrogen-bond acceptors (Lipinski definition) is 6. The predicted molar refractivity (Wildman–Crippen MR) is 109 cm³/mol. The molecular weight excluding hydrogens is 419 g/mol. The van der Waals surface area contributed by atoms with E-state index in [2.05, 4.69) is 4.40 Å². The van der Waals surface area contributed by atoms with Crippen LogP contribution in [0.3, 0.4) is 0 Å². The predicted octanol–water partition coefficient (Wildman–Crippen LogP) is 3.19. The van der Waals surface area contributed by atoms with Crippen LogP contribution in [0.4, 0.5) is 4.39 Å². The minimum Gasteiger partial charge on any atom is -0.493 e. The first kappa shape index (κ1) is 21.3. The topological polar surface area (TPSA) is 79.1 Å². The van der Waals surface area contributed by atoms with E-state index in [1.54, 1.807) is 16.7 Å². The van der Waals surface area contributed by atoms with Gasteiger partial charge in [0.25, 0.3) is 10.0 Å². The molecular formula is C19H21FN2O5S2. The summed E-state index contributed by atoms with van der Waals surface area (Å²) in [6.07, 6.45) is 0. The minimum absolute atomic E-state index is 0.0807. The van der Waals surface area contributed by atoms with Crippen LogP contribution in [0.2, 0.25) is 0 Å². The molecule has 0 saturated heterocycles. The zero-order chi connectivity index (χ0) is 21.0. The van der Waals surface area contributed by atoms with E-state index in [1.165, 1.54) is 37.7 Å². The van der Waals surface area contributed by atoms with Crippen LogP contribution in [0.25, 0.3) is 10.2 Å². The van der Waals surface area contributed by atoms with E-state index in [0.717, 1.165) is 22.3 Å². The van der Waals surface area contributed by atoms with Gasteiger partial charge in [-0.25, -0.2) is 4.39 Å². The summed E-state index contributed by atoms with van der Waals surface area (Å²) in [4.78, 5) is 0.196. The fourth-order valence-electron chi connectivity index (χ4n) is 2.75. The van der Waals surface area contributed by atoms with Crippen LogP contribution in [0.15, 0.2) is 45.7 Å². The maximum absolute atomic E-state index is 13.2. The van der Waals surface area contributed by atoms with Crippen molar-refractivity contribution in [3.8, 4) is 11.5 Å². The number of rotatable bonds is 8. The highest BCUT2D eigenvalue weighted by atomic mass is 32.2. The first-order valence-corrected chi connectivity index (χ1v) is 11.0. The zero-order valence-corrected chi connectivity index (χ0v) is 17.8. The summed E-state index contributed by atoms with van der Waals surface area (Å²) >= 11 is 1.21. The molecule has 0 bridgehead atoms. The number of hydrogen-bond donors (Lipinski definition) is 0. The number of nitrogens with zero attached hydrogens (tertiary/aromatic N) is 2. The number of methoxy groups -OCH3 is 2. The molecule has 0 aliphatic rings. The molecule has 0 amide bonds. The molecule has 156 valence electrons. The summed E-state index contributed by atoms with van der Waals surface area (Å²) in [7, 11) is -0.953. The molecule has 10 heteroatoms. The number of aromatic nitrogens is 1. The van der Waals surface area contributed by atoms with Crippen LogP contribution in [0.1, 0.15) is 6.92 Å². The average Bonchev–Trinajstić information content (AvgIpc) is 3.02. The van der Waals surface area contributed by atoms with Crippen molar-refractivity contribution in [2.24, 2.45) is 4.40 Å². The van der Waals surface area contributed by atoms with Gasteiger partial charge >= 0.3 is 0 Å². The Hall–Kier alpha value is -2.43. The molecule has 3 rings (SSSR count). The van der Waals surface area contributed by atoms with Gasteiger partial charge < -0.3 is 18.8 Å². The summed E-state index contributed by atoms with van der Waals surface area (Å²) < 4.78 is 61.3. The van der Waals surface area contributed by atoms with Gasteiger partial charge in [0.2, 0.25) is 4.80 Å². The molecule has 0 N–H and O–H groups in total. The molecule has 7 nitrogen and oxygen atoms in total. The highest BCUT2D eigenvalue weighted by Crippen LogP contribution is 2.33. The quantitative estimate of drug-likeness (QED) is 0.503. The van der Waals surface area contributed by atoms with Gasteiger partial charge in [0.15, 0.2) is 11.5 Å². The molecule has 0 aliphatic heterocycles. The van der Waals surface area contributed by atoms with Gasteiger partial charge in [-0.05, 0) is 31.2 Å². The second kappa shape index (κ2) is 8.93. The highest BCUT2D eigenvalue weighted by Gasteiger charge is 2.17. The van der Waals surface area contributed by atoms with Gasteiger partial charge in [-0.2, -0.15) is 8.42 Å². The van der Waals surface area contributed by atoms with E-state index in [1.807, 2.05) is 6.92 Å². The SMILES string of the molecule is CCOCCn1/c(=N/S(=O)(=O)c2ccc(F)cc2)sc2cc(OC)c(OC)cc21. The van der Waals surface area contributed by atoms with E-state index in [9.17, 15) is 12.8 Å². The molecule has 0 atom stereocenters. The van der Waals surface area contributed by atoms with Crippen LogP contribution < -0.4 is 14.3 Å². The molecule has 3 aromatic rings. The molecule has 1 aromatic heterocycles. The fraction of sp³-hybridized carbons (Fsp3) is 0.316. The Balaban J connectivity index is 2.20. The largest absolute Gasteiger partial charge is 0.493 e. The van der Waals surface area contributed by atoms with Gasteiger partial charge in [0, 0.05) is 25.3 Å². The van der Waals surface area contributed by atoms with E-state index >= 15 is 0 Å². The second-order valence-corrected chi connectivity index (χ2v) is 8.54. The van der Waals surface area contributed by atoms with Gasteiger partial charge in [0.1, 0.15) is 5.82 Å². The number of sulfonamides is 1. The molecule has 29 heavy (non-hydrogen) atoms. The van der Waals surface area contributed by atoms with Crippen LogP contribution in [0, 0.1) is 5.82 Å². The van der Waals surface area contributed by atoms with E-state index in [4.69, 9.17) is 14.2 Å². The van der Waals surface area contributed by atoms with E-state index < -0.39 is 15.8 Å². The van der Waals surface area contributed by atoms with Crippen molar-refractivity contribution >= 4 is 31.6 Å². The third-order valence-electron chi connectivity index (χ3n) is 4.16. The molecule has 0 radical (unpaired) electrons. The second-order valence-electron chi connectivity index (χ2n) is 5.93. The molecule has 0 saturated carbocycles. The Kier molecular flexibility index (Phi) is 6.56. The van der Waals surface area contributed by atoms with Crippen LogP contribution in [0.5, 0.6) is 11.5 Å². The summed E-state index contributed by atoms with van der Waals surface area (Å²) in [6.45, 7) is 3.22. The lowest BCUT2D eigenvalue weighted by molar-refractivity contribution is 0.139. The third kappa shape index (κ3) is 4.60. The van der Waals surface area contributed by atoms with Crippen molar-refractivity contribution < 1.29 is 27.0 Å². The van der Waals surface area contributed by atoms with Gasteiger partial charge in [-0.15, -0.1) is 4.40 Å². The standard InChI is InChI=1S/C19H21FN2O5S2/c1-4-27-10-9-22-15-11-16(25-2)17(26-3)12-18(15)28-19(22)21-29(23,24)14-7-5-13(20)6-8-14/h5-8,11-12H,4,9-10H2,1-3H3/b21-19-. The van der Waals surface area contributed by atoms with Crippen molar-refractivity contribution in [3.05, 3.63) is 47.0 Å². The Morgan fingerprint density at radius 3 is 2.38 bits per heavy atom. The zero-order valence-electron chi connectivity index (χ0n) is 16.2. The first-order valence-electron chi connectivity index (χ1n) is 8.79. The fourth-order valence-corrected chi connectivity index (χ4v) is 5.01. The van der Waals surface area contributed by atoms with E-state index in [-0.39, 0.29) is 9.70 Å². The lowest BCUT2D eigenvalue weighted by Gasteiger charge is -2.09. The Morgan fingerprint density at radius 2 is 1.76 bits per heavy atom. The molecule has 0 spiro atoms. The average molecular weight is 441 g/mol. The Bertz CT molecular complexity index is 1170. The first-order chi connectivity index (χ1) is 13.9. The number of ether oxygens (including phenoxy) is 3. The van der Waals surface area contributed by atoms with Gasteiger partial charge in [-0.3, -0.25) is 0 Å². The maximum Gasteiger partial charge on any atom is 0.285 e. The van der Waals surface area contributed by atoms with Crippen molar-refractivity contribution in [1.29, 1.82) is 0 Å². The summed E-state index contributed by atoms with van der Waals surface area (Å²) in [5.41, 5.74) is 0.750. The summed E-state index contributed by atoms with van der Waals surface area (Å²) in [6, 6.07) is 8.12. The van der Waals surface area contributed by atoms with E-state index in [0.29, 0.717) is 31.3 Å². The molecule has 1 heterocycles. The third-order valence-corrected chi connectivity index (χ3v) is 6.60. The molecule has 0 aliphatic carbocycles. The number of thiazole rings is 1. The van der Waals surface area contributed by atoms with Crippen LogP contribution >= 0.6 is 11.3 Å². The van der Waals surface area contributed by atoms with Gasteiger partial charge in [0.05, 0.1) is 35.9 Å².